The van der Waals surface area contributed by atoms with E-state index in [1.807, 2.05) is 6.26 Å². The standard InChI is InChI=1S/C16H18ClF3N4OS/c1-26-9-5-14(25)23(8-3-6-16(18,19)20)13-11-24(22-15(13)17)12-4-2-7-21-10-12/h2,4,7,10-11H,3,5-6,8-9H2,1H3. The van der Waals surface area contributed by atoms with E-state index in [9.17, 15) is 18.0 Å². The number of hydrogen-bond donors (Lipinski definition) is 0. The molecule has 5 nitrogen and oxygen atoms in total. The molecule has 26 heavy (non-hydrogen) atoms. The number of carbonyl (C=O) groups is 1. The van der Waals surface area contributed by atoms with Crippen LogP contribution in [0.4, 0.5) is 18.9 Å². The number of nitrogens with zero attached hydrogens (tertiary/aromatic N) is 4. The maximum atomic E-state index is 12.5. The molecule has 0 N–H and O–H groups in total. The molecule has 2 aromatic heterocycles. The van der Waals surface area contributed by atoms with Crippen molar-refractivity contribution in [3.8, 4) is 5.69 Å². The molecule has 0 unspecified atom stereocenters. The summed E-state index contributed by atoms with van der Waals surface area (Å²) in [6.07, 6.45) is 1.33. The average Bonchev–Trinajstić information content (AvgIpc) is 2.98. The highest BCUT2D eigenvalue weighted by Crippen LogP contribution is 2.28. The van der Waals surface area contributed by atoms with Crippen LogP contribution in [-0.4, -0.2) is 45.4 Å². The summed E-state index contributed by atoms with van der Waals surface area (Å²) in [5.41, 5.74) is 0.927. The predicted octanol–water partition coefficient (Wildman–Crippen LogP) is 4.35. The number of halogens is 4. The van der Waals surface area contributed by atoms with Gasteiger partial charge < -0.3 is 4.90 Å². The topological polar surface area (TPSA) is 51.0 Å². The minimum atomic E-state index is -4.27. The second-order valence-electron chi connectivity index (χ2n) is 5.47. The summed E-state index contributed by atoms with van der Waals surface area (Å²) >= 11 is 7.65. The Morgan fingerprint density at radius 1 is 1.42 bits per heavy atom. The number of thioether (sulfide) groups is 1. The van der Waals surface area contributed by atoms with E-state index in [1.165, 1.54) is 27.5 Å². The maximum absolute atomic E-state index is 12.5. The second-order valence-corrected chi connectivity index (χ2v) is 6.81. The molecule has 2 heterocycles. The van der Waals surface area contributed by atoms with Crippen LogP contribution in [0.3, 0.4) is 0 Å². The van der Waals surface area contributed by atoms with Crippen LogP contribution in [0, 0.1) is 0 Å². The highest BCUT2D eigenvalue weighted by molar-refractivity contribution is 7.98. The van der Waals surface area contributed by atoms with Crippen LogP contribution in [0.15, 0.2) is 30.7 Å². The van der Waals surface area contributed by atoms with Gasteiger partial charge in [-0.15, -0.1) is 0 Å². The summed E-state index contributed by atoms with van der Waals surface area (Å²) in [6.45, 7) is -0.0782. The van der Waals surface area contributed by atoms with Crippen LogP contribution in [0.2, 0.25) is 5.15 Å². The van der Waals surface area contributed by atoms with Crippen molar-refractivity contribution in [3.63, 3.8) is 0 Å². The number of carbonyl (C=O) groups excluding carboxylic acids is 1. The fraction of sp³-hybridized carbons (Fsp3) is 0.438. The number of aromatic nitrogens is 3. The SMILES string of the molecule is CSCCC(=O)N(CCCC(F)(F)F)c1cn(-c2cccnc2)nc1Cl. The third-order valence-corrected chi connectivity index (χ3v) is 4.40. The average molecular weight is 407 g/mol. The van der Waals surface area contributed by atoms with Crippen LogP contribution in [0.5, 0.6) is 0 Å². The van der Waals surface area contributed by atoms with Gasteiger partial charge in [0, 0.05) is 31.3 Å². The molecule has 0 fully saturated rings. The second kappa shape index (κ2) is 9.27. The van der Waals surface area contributed by atoms with Crippen molar-refractivity contribution >= 4 is 35.0 Å². The third-order valence-electron chi connectivity index (χ3n) is 3.52. The van der Waals surface area contributed by atoms with Crippen molar-refractivity contribution < 1.29 is 18.0 Å². The Morgan fingerprint density at radius 3 is 2.81 bits per heavy atom. The molecule has 1 amide bonds. The van der Waals surface area contributed by atoms with Crippen molar-refractivity contribution in [2.24, 2.45) is 0 Å². The van der Waals surface area contributed by atoms with Crippen molar-refractivity contribution in [1.29, 1.82) is 0 Å². The van der Waals surface area contributed by atoms with Gasteiger partial charge in [-0.1, -0.05) is 11.6 Å². The van der Waals surface area contributed by atoms with E-state index in [-0.39, 0.29) is 30.4 Å². The molecule has 0 atom stereocenters. The zero-order valence-electron chi connectivity index (χ0n) is 14.0. The molecule has 0 aliphatic heterocycles. The maximum Gasteiger partial charge on any atom is 0.389 e. The normalized spacial score (nSPS) is 11.6. The number of rotatable bonds is 8. The molecule has 142 valence electrons. The van der Waals surface area contributed by atoms with Gasteiger partial charge in [0.15, 0.2) is 5.15 Å². The minimum absolute atomic E-state index is 0.0540. The van der Waals surface area contributed by atoms with Gasteiger partial charge in [0.1, 0.15) is 5.69 Å². The van der Waals surface area contributed by atoms with Gasteiger partial charge in [-0.05, 0) is 24.8 Å². The lowest BCUT2D eigenvalue weighted by Crippen LogP contribution is -2.32. The number of alkyl halides is 3. The molecule has 10 heteroatoms. The van der Waals surface area contributed by atoms with Gasteiger partial charge in [0.2, 0.25) is 5.91 Å². The Hall–Kier alpha value is -1.74. The molecule has 0 saturated carbocycles. The van der Waals surface area contributed by atoms with E-state index in [2.05, 4.69) is 10.1 Å². The molecule has 0 radical (unpaired) electrons. The molecule has 2 aromatic rings. The van der Waals surface area contributed by atoms with Gasteiger partial charge in [0.25, 0.3) is 0 Å². The molecule has 0 bridgehead atoms. The van der Waals surface area contributed by atoms with Crippen LogP contribution in [0.1, 0.15) is 19.3 Å². The Labute approximate surface area is 158 Å². The fourth-order valence-corrected chi connectivity index (χ4v) is 2.90. The predicted molar refractivity (Wildman–Crippen MR) is 97.0 cm³/mol. The number of hydrogen-bond acceptors (Lipinski definition) is 4. The number of pyridine rings is 1. The van der Waals surface area contributed by atoms with Gasteiger partial charge in [-0.3, -0.25) is 9.78 Å². The van der Waals surface area contributed by atoms with Crippen molar-refractivity contribution in [1.82, 2.24) is 14.8 Å². The third kappa shape index (κ3) is 5.91. The Morgan fingerprint density at radius 2 is 2.19 bits per heavy atom. The molecule has 2 rings (SSSR count). The van der Waals surface area contributed by atoms with E-state index in [1.54, 1.807) is 24.5 Å². The Bertz CT molecular complexity index is 724. The molecular weight excluding hydrogens is 389 g/mol. The van der Waals surface area contributed by atoms with Crippen molar-refractivity contribution in [2.75, 3.05) is 23.5 Å². The van der Waals surface area contributed by atoms with E-state index in [0.717, 1.165) is 0 Å². The summed E-state index contributed by atoms with van der Waals surface area (Å²) in [7, 11) is 0. The van der Waals surface area contributed by atoms with Gasteiger partial charge in [-0.25, -0.2) is 4.68 Å². The monoisotopic (exact) mass is 406 g/mol. The Balaban J connectivity index is 2.23. The summed E-state index contributed by atoms with van der Waals surface area (Å²) in [5, 5.41) is 4.20. The van der Waals surface area contributed by atoms with Gasteiger partial charge >= 0.3 is 6.18 Å². The van der Waals surface area contributed by atoms with Crippen LogP contribution >= 0.6 is 23.4 Å². The molecule has 0 aromatic carbocycles. The minimum Gasteiger partial charge on any atom is -0.308 e. The van der Waals surface area contributed by atoms with Crippen LogP contribution < -0.4 is 4.90 Å². The van der Waals surface area contributed by atoms with Crippen LogP contribution in [0.25, 0.3) is 5.69 Å². The Kier molecular flexibility index (Phi) is 7.33. The smallest absolute Gasteiger partial charge is 0.308 e. The zero-order valence-corrected chi connectivity index (χ0v) is 15.6. The first-order valence-electron chi connectivity index (χ1n) is 7.83. The van der Waals surface area contributed by atoms with Gasteiger partial charge in [-0.2, -0.15) is 30.0 Å². The molecule has 0 aliphatic carbocycles. The lowest BCUT2D eigenvalue weighted by atomic mass is 10.2. The van der Waals surface area contributed by atoms with Crippen molar-refractivity contribution in [3.05, 3.63) is 35.9 Å². The molecular formula is C16H18ClF3N4OS. The fourth-order valence-electron chi connectivity index (χ4n) is 2.29. The first-order valence-corrected chi connectivity index (χ1v) is 9.60. The first kappa shape index (κ1) is 20.6. The van der Waals surface area contributed by atoms with Crippen LogP contribution in [-0.2, 0) is 4.79 Å². The zero-order chi connectivity index (χ0) is 19.2. The lowest BCUT2D eigenvalue weighted by Gasteiger charge is -2.22. The molecule has 0 saturated heterocycles. The van der Waals surface area contributed by atoms with E-state index in [4.69, 9.17) is 11.6 Å². The number of amides is 1. The summed E-state index contributed by atoms with van der Waals surface area (Å²) in [5.74, 6) is 0.289. The largest absolute Gasteiger partial charge is 0.389 e. The van der Waals surface area contributed by atoms with E-state index >= 15 is 0 Å². The lowest BCUT2D eigenvalue weighted by molar-refractivity contribution is -0.135. The molecule has 0 aliphatic rings. The summed E-state index contributed by atoms with van der Waals surface area (Å²) in [4.78, 5) is 17.7. The quantitative estimate of drug-likeness (QED) is 0.654. The van der Waals surface area contributed by atoms with Gasteiger partial charge in [0.05, 0.1) is 18.1 Å². The van der Waals surface area contributed by atoms with Crippen molar-refractivity contribution in [2.45, 2.75) is 25.4 Å². The highest BCUT2D eigenvalue weighted by atomic mass is 35.5. The van der Waals surface area contributed by atoms with E-state index in [0.29, 0.717) is 17.1 Å². The first-order chi connectivity index (χ1) is 12.3. The number of anilines is 1. The molecule has 0 spiro atoms. The highest BCUT2D eigenvalue weighted by Gasteiger charge is 2.28. The van der Waals surface area contributed by atoms with E-state index < -0.39 is 12.6 Å². The summed E-state index contributed by atoms with van der Waals surface area (Å²) < 4.78 is 38.8. The summed E-state index contributed by atoms with van der Waals surface area (Å²) in [6, 6.07) is 3.47.